The molecule has 2 N–H and O–H groups in total. The van der Waals surface area contributed by atoms with Gasteiger partial charge in [-0.1, -0.05) is 12.1 Å². The van der Waals surface area contributed by atoms with Gasteiger partial charge < -0.3 is 24.8 Å². The number of benzene rings is 1. The molecule has 6 nitrogen and oxygen atoms in total. The van der Waals surface area contributed by atoms with Crippen LogP contribution in [-0.4, -0.2) is 43.8 Å². The molecular weight excluding hydrogens is 351 g/mol. The number of hydrogen-bond donors (Lipinski definition) is 2. The molecule has 1 spiro atoms. The molecule has 2 saturated heterocycles. The molecule has 2 amide bonds. The molecule has 1 aromatic rings. The van der Waals surface area contributed by atoms with Crippen molar-refractivity contribution in [3.05, 3.63) is 35.6 Å². The van der Waals surface area contributed by atoms with Crippen LogP contribution in [0.2, 0.25) is 0 Å². The van der Waals surface area contributed by atoms with Gasteiger partial charge in [0.05, 0.1) is 25.4 Å². The van der Waals surface area contributed by atoms with Crippen molar-refractivity contribution in [3.8, 4) is 0 Å². The Hall–Kier alpha value is -1.70. The molecule has 2 aliphatic heterocycles. The van der Waals surface area contributed by atoms with E-state index in [0.29, 0.717) is 19.8 Å². The van der Waals surface area contributed by atoms with Crippen molar-refractivity contribution < 1.29 is 23.4 Å². The number of carbonyl (C=O) groups excluding carboxylic acids is 1. The summed E-state index contributed by atoms with van der Waals surface area (Å²) in [6.45, 7) is 2.00. The van der Waals surface area contributed by atoms with Crippen molar-refractivity contribution in [2.75, 3.05) is 19.8 Å². The number of rotatable bonds is 4. The Morgan fingerprint density at radius 3 is 2.41 bits per heavy atom. The predicted octanol–water partition coefficient (Wildman–Crippen LogP) is 3.03. The minimum absolute atomic E-state index is 0.0869. The van der Waals surface area contributed by atoms with Gasteiger partial charge in [0.15, 0.2) is 5.79 Å². The van der Waals surface area contributed by atoms with Crippen LogP contribution in [0.25, 0.3) is 0 Å². The van der Waals surface area contributed by atoms with Gasteiger partial charge in [0, 0.05) is 25.5 Å². The maximum atomic E-state index is 13.3. The Morgan fingerprint density at radius 2 is 1.78 bits per heavy atom. The van der Waals surface area contributed by atoms with Crippen LogP contribution < -0.4 is 10.6 Å². The summed E-state index contributed by atoms with van der Waals surface area (Å²) in [7, 11) is 0. The summed E-state index contributed by atoms with van der Waals surface area (Å²) >= 11 is 0. The van der Waals surface area contributed by atoms with Gasteiger partial charge >= 0.3 is 6.03 Å². The minimum atomic E-state index is -0.428. The summed E-state index contributed by atoms with van der Waals surface area (Å²) in [5.74, 6) is -0.718. The number of amides is 2. The fraction of sp³-hybridized carbons (Fsp3) is 0.650. The molecule has 27 heavy (non-hydrogen) atoms. The zero-order valence-electron chi connectivity index (χ0n) is 15.4. The molecule has 0 unspecified atom stereocenters. The van der Waals surface area contributed by atoms with Crippen LogP contribution in [0.5, 0.6) is 0 Å². The Morgan fingerprint density at radius 1 is 1.07 bits per heavy atom. The van der Waals surface area contributed by atoms with Gasteiger partial charge in [-0.2, -0.15) is 0 Å². The van der Waals surface area contributed by atoms with Gasteiger partial charge in [0.25, 0.3) is 0 Å². The van der Waals surface area contributed by atoms with Gasteiger partial charge in [-0.25, -0.2) is 9.18 Å². The van der Waals surface area contributed by atoms with Gasteiger partial charge in [-0.15, -0.1) is 0 Å². The molecule has 1 saturated carbocycles. The van der Waals surface area contributed by atoms with Crippen LogP contribution in [0, 0.1) is 5.82 Å². The van der Waals surface area contributed by atoms with E-state index in [4.69, 9.17) is 14.2 Å². The average Bonchev–Trinajstić information content (AvgIpc) is 3.35. The summed E-state index contributed by atoms with van der Waals surface area (Å²) in [6, 6.07) is 5.85. The van der Waals surface area contributed by atoms with Crippen molar-refractivity contribution in [1.82, 2.24) is 10.6 Å². The van der Waals surface area contributed by atoms with Crippen LogP contribution in [0.4, 0.5) is 9.18 Å². The number of urea groups is 1. The number of hydrogen-bond acceptors (Lipinski definition) is 4. The van der Waals surface area contributed by atoms with Crippen LogP contribution in [-0.2, 0) is 14.2 Å². The largest absolute Gasteiger partial charge is 0.376 e. The summed E-state index contributed by atoms with van der Waals surface area (Å²) < 4.78 is 30.5. The van der Waals surface area contributed by atoms with E-state index in [9.17, 15) is 9.18 Å². The highest BCUT2D eigenvalue weighted by Gasteiger charge is 2.40. The molecule has 0 radical (unpaired) electrons. The Labute approximate surface area is 158 Å². The van der Waals surface area contributed by atoms with E-state index >= 15 is 0 Å². The molecule has 2 atom stereocenters. The van der Waals surface area contributed by atoms with Crippen LogP contribution >= 0.6 is 0 Å². The summed E-state index contributed by atoms with van der Waals surface area (Å²) in [5.41, 5.74) is 0.855. The van der Waals surface area contributed by atoms with E-state index in [1.807, 2.05) is 0 Å². The highest BCUT2D eigenvalue weighted by molar-refractivity contribution is 5.75. The summed E-state index contributed by atoms with van der Waals surface area (Å²) in [6.07, 6.45) is 5.01. The van der Waals surface area contributed by atoms with Crippen molar-refractivity contribution in [2.24, 2.45) is 0 Å². The number of nitrogens with one attached hydrogen (secondary N) is 2. The lowest BCUT2D eigenvalue weighted by molar-refractivity contribution is -0.179. The molecule has 148 valence electrons. The van der Waals surface area contributed by atoms with Crippen LogP contribution in [0.1, 0.15) is 50.1 Å². The first kappa shape index (κ1) is 18.7. The predicted molar refractivity (Wildman–Crippen MR) is 96.7 cm³/mol. The third-order valence-corrected chi connectivity index (χ3v) is 5.75. The number of halogens is 1. The van der Waals surface area contributed by atoms with Crippen molar-refractivity contribution in [3.63, 3.8) is 0 Å². The molecule has 3 fully saturated rings. The molecule has 4 rings (SSSR count). The second-order valence-corrected chi connectivity index (χ2v) is 7.58. The van der Waals surface area contributed by atoms with E-state index in [0.717, 1.165) is 44.1 Å². The lowest BCUT2D eigenvalue weighted by atomic mass is 9.90. The van der Waals surface area contributed by atoms with Crippen molar-refractivity contribution in [2.45, 2.75) is 62.5 Å². The van der Waals surface area contributed by atoms with E-state index in [2.05, 4.69) is 10.6 Å². The van der Waals surface area contributed by atoms with E-state index in [1.165, 1.54) is 12.1 Å². The molecular formula is C20H27FN2O4. The fourth-order valence-corrected chi connectivity index (χ4v) is 4.28. The SMILES string of the molecule is O=C(NC1CCC2(CC1)OCCO2)N[C@@H](c1ccc(F)cc1)[C@H]1CCCO1. The molecule has 0 bridgehead atoms. The third-order valence-electron chi connectivity index (χ3n) is 5.75. The molecule has 1 aliphatic carbocycles. The van der Waals surface area contributed by atoms with E-state index < -0.39 is 5.79 Å². The highest BCUT2D eigenvalue weighted by Crippen LogP contribution is 2.35. The fourth-order valence-electron chi connectivity index (χ4n) is 4.28. The molecule has 2 heterocycles. The van der Waals surface area contributed by atoms with Gasteiger partial charge in [0.1, 0.15) is 5.82 Å². The third kappa shape index (κ3) is 4.42. The maximum Gasteiger partial charge on any atom is 0.315 e. The normalized spacial score (nSPS) is 26.2. The summed E-state index contributed by atoms with van der Waals surface area (Å²) in [4.78, 5) is 12.6. The lowest BCUT2D eigenvalue weighted by Gasteiger charge is -2.36. The van der Waals surface area contributed by atoms with Crippen molar-refractivity contribution in [1.29, 1.82) is 0 Å². The van der Waals surface area contributed by atoms with Crippen LogP contribution in [0.15, 0.2) is 24.3 Å². The standard InChI is InChI=1S/C20H27FN2O4/c21-15-5-3-14(4-6-15)18(17-2-1-11-25-17)23-19(24)22-16-7-9-20(10-8-16)26-12-13-27-20/h3-6,16-18H,1-2,7-13H2,(H2,22,23,24)/t17-,18+/m1/s1. The lowest BCUT2D eigenvalue weighted by Crippen LogP contribution is -2.49. The number of ether oxygens (including phenoxy) is 3. The smallest absolute Gasteiger partial charge is 0.315 e. The highest BCUT2D eigenvalue weighted by atomic mass is 19.1. The monoisotopic (exact) mass is 378 g/mol. The number of carbonyl (C=O) groups is 1. The van der Waals surface area contributed by atoms with Gasteiger partial charge in [-0.3, -0.25) is 0 Å². The van der Waals surface area contributed by atoms with Crippen LogP contribution in [0.3, 0.4) is 0 Å². The first-order valence-corrected chi connectivity index (χ1v) is 9.86. The van der Waals surface area contributed by atoms with Crippen molar-refractivity contribution >= 4 is 6.03 Å². The van der Waals surface area contributed by atoms with E-state index in [1.54, 1.807) is 12.1 Å². The Kier molecular flexibility index (Phi) is 5.61. The maximum absolute atomic E-state index is 13.3. The second kappa shape index (κ2) is 8.12. The van der Waals surface area contributed by atoms with E-state index in [-0.39, 0.29) is 30.0 Å². The zero-order valence-corrected chi connectivity index (χ0v) is 15.4. The molecule has 1 aromatic carbocycles. The first-order chi connectivity index (χ1) is 13.1. The minimum Gasteiger partial charge on any atom is -0.376 e. The zero-order chi connectivity index (χ0) is 18.7. The molecule has 7 heteroatoms. The Bertz CT molecular complexity index is 632. The summed E-state index contributed by atoms with van der Waals surface area (Å²) in [5, 5.41) is 6.11. The molecule has 3 aliphatic rings. The second-order valence-electron chi connectivity index (χ2n) is 7.58. The Balaban J connectivity index is 1.35. The first-order valence-electron chi connectivity index (χ1n) is 9.86. The van der Waals surface area contributed by atoms with Gasteiger partial charge in [0.2, 0.25) is 0 Å². The molecule has 0 aromatic heterocycles. The topological polar surface area (TPSA) is 68.8 Å². The average molecular weight is 378 g/mol. The van der Waals surface area contributed by atoms with Gasteiger partial charge in [-0.05, 0) is 43.4 Å². The quantitative estimate of drug-likeness (QED) is 0.845.